The van der Waals surface area contributed by atoms with Gasteiger partial charge in [0, 0.05) is 12.1 Å². The van der Waals surface area contributed by atoms with Crippen molar-refractivity contribution in [2.45, 2.75) is 38.8 Å². The summed E-state index contributed by atoms with van der Waals surface area (Å²) in [5.74, 6) is 1.27. The molecular formula is C16H21N3O2. The maximum atomic E-state index is 9.62. The lowest BCUT2D eigenvalue weighted by Gasteiger charge is -2.34. The van der Waals surface area contributed by atoms with E-state index in [1.54, 1.807) is 14.2 Å². The first-order valence-corrected chi connectivity index (χ1v) is 6.88. The Morgan fingerprint density at radius 2 is 1.95 bits per heavy atom. The predicted octanol–water partition coefficient (Wildman–Crippen LogP) is 3.13. The van der Waals surface area contributed by atoms with Crippen LogP contribution in [0.5, 0.6) is 11.5 Å². The van der Waals surface area contributed by atoms with E-state index >= 15 is 0 Å². The molecule has 0 saturated heterocycles. The molecule has 21 heavy (non-hydrogen) atoms. The summed E-state index contributed by atoms with van der Waals surface area (Å²) in [6.45, 7) is 6.18. The Morgan fingerprint density at radius 3 is 2.43 bits per heavy atom. The highest BCUT2D eigenvalue weighted by Gasteiger charge is 2.38. The van der Waals surface area contributed by atoms with E-state index < -0.39 is 6.04 Å². The van der Waals surface area contributed by atoms with Gasteiger partial charge in [-0.3, -0.25) is 5.01 Å². The Morgan fingerprint density at radius 1 is 1.29 bits per heavy atom. The lowest BCUT2D eigenvalue weighted by molar-refractivity contribution is 0.122. The first-order valence-electron chi connectivity index (χ1n) is 6.88. The Hall–Kier alpha value is -2.22. The summed E-state index contributed by atoms with van der Waals surface area (Å²) in [5.41, 5.74) is 1.72. The van der Waals surface area contributed by atoms with Gasteiger partial charge in [-0.2, -0.15) is 10.4 Å². The number of methoxy groups -OCH3 is 2. The third-order valence-corrected chi connectivity index (χ3v) is 3.68. The van der Waals surface area contributed by atoms with Crippen LogP contribution in [0, 0.1) is 11.3 Å². The zero-order valence-corrected chi connectivity index (χ0v) is 13.2. The highest BCUT2D eigenvalue weighted by atomic mass is 16.5. The molecule has 0 N–H and O–H groups in total. The predicted molar refractivity (Wildman–Crippen MR) is 81.5 cm³/mol. The van der Waals surface area contributed by atoms with Crippen LogP contribution in [0.4, 0.5) is 0 Å². The summed E-state index contributed by atoms with van der Waals surface area (Å²) in [5, 5.41) is 16.0. The van der Waals surface area contributed by atoms with Crippen molar-refractivity contribution < 1.29 is 9.47 Å². The van der Waals surface area contributed by atoms with Crippen molar-refractivity contribution in [3.05, 3.63) is 23.8 Å². The minimum atomic E-state index is -0.447. The van der Waals surface area contributed by atoms with Crippen molar-refractivity contribution in [1.82, 2.24) is 5.01 Å². The first-order chi connectivity index (χ1) is 9.92. The van der Waals surface area contributed by atoms with E-state index in [0.717, 1.165) is 17.7 Å². The van der Waals surface area contributed by atoms with Crippen LogP contribution in [0.2, 0.25) is 0 Å². The molecule has 0 radical (unpaired) electrons. The third kappa shape index (κ3) is 2.80. The fourth-order valence-corrected chi connectivity index (χ4v) is 2.76. The van der Waals surface area contributed by atoms with E-state index in [1.807, 2.05) is 30.1 Å². The molecule has 0 bridgehead atoms. The van der Waals surface area contributed by atoms with Crippen molar-refractivity contribution in [2.75, 3.05) is 14.2 Å². The van der Waals surface area contributed by atoms with Gasteiger partial charge in [0.15, 0.2) is 17.5 Å². The molecular weight excluding hydrogens is 266 g/mol. The molecule has 0 spiro atoms. The quantitative estimate of drug-likeness (QED) is 0.853. The molecule has 112 valence electrons. The van der Waals surface area contributed by atoms with Crippen LogP contribution in [0.25, 0.3) is 0 Å². The van der Waals surface area contributed by atoms with Crippen molar-refractivity contribution >= 4 is 5.71 Å². The molecule has 1 aliphatic heterocycles. The van der Waals surface area contributed by atoms with Gasteiger partial charge in [0.25, 0.3) is 0 Å². The molecule has 1 aromatic rings. The van der Waals surface area contributed by atoms with Crippen molar-refractivity contribution in [1.29, 1.82) is 5.26 Å². The Balaban J connectivity index is 2.41. The number of hydrogen-bond acceptors (Lipinski definition) is 5. The summed E-state index contributed by atoms with van der Waals surface area (Å²) in [6.07, 6.45) is 0.860. The van der Waals surface area contributed by atoms with Crippen LogP contribution in [0.3, 0.4) is 0 Å². The maximum absolute atomic E-state index is 9.62. The van der Waals surface area contributed by atoms with Crippen LogP contribution >= 0.6 is 0 Å². The second kappa shape index (κ2) is 5.65. The van der Waals surface area contributed by atoms with Gasteiger partial charge < -0.3 is 9.47 Å². The van der Waals surface area contributed by atoms with Crippen molar-refractivity contribution in [3.8, 4) is 17.6 Å². The average Bonchev–Trinajstić information content (AvgIpc) is 2.72. The Bertz CT molecular complexity index is 602. The molecule has 0 aliphatic carbocycles. The standard InChI is InChI=1S/C16H21N3O2/c1-11-9-16(2,3)19(18-11)13(10-17)12-6-7-14(20-4)15(8-12)21-5/h6-8,13H,9H2,1-5H3/t13-/m1/s1. The molecule has 1 aromatic carbocycles. The normalized spacial score (nSPS) is 17.9. The van der Waals surface area contributed by atoms with Crippen LogP contribution < -0.4 is 9.47 Å². The zero-order chi connectivity index (χ0) is 15.6. The highest BCUT2D eigenvalue weighted by Crippen LogP contribution is 2.38. The molecule has 0 amide bonds. The minimum Gasteiger partial charge on any atom is -0.493 e. The number of nitriles is 1. The largest absolute Gasteiger partial charge is 0.493 e. The zero-order valence-electron chi connectivity index (χ0n) is 13.2. The fourth-order valence-electron chi connectivity index (χ4n) is 2.76. The molecule has 0 fully saturated rings. The van der Waals surface area contributed by atoms with Crippen LogP contribution in [-0.4, -0.2) is 30.5 Å². The molecule has 1 heterocycles. The maximum Gasteiger partial charge on any atom is 0.161 e. The topological polar surface area (TPSA) is 57.8 Å². The summed E-state index contributed by atoms with van der Waals surface area (Å²) in [6, 6.07) is 7.44. The van der Waals surface area contributed by atoms with Gasteiger partial charge in [0.05, 0.1) is 25.8 Å². The molecule has 5 nitrogen and oxygen atoms in total. The number of hydrazone groups is 1. The van der Waals surface area contributed by atoms with Gasteiger partial charge in [-0.05, 0) is 38.5 Å². The van der Waals surface area contributed by atoms with Gasteiger partial charge in [0.1, 0.15) is 0 Å². The number of benzene rings is 1. The molecule has 0 aromatic heterocycles. The Labute approximate surface area is 125 Å². The number of ether oxygens (including phenoxy) is 2. The van der Waals surface area contributed by atoms with E-state index in [9.17, 15) is 5.26 Å². The van der Waals surface area contributed by atoms with Crippen molar-refractivity contribution in [3.63, 3.8) is 0 Å². The molecule has 0 saturated carbocycles. The summed E-state index contributed by atoms with van der Waals surface area (Å²) >= 11 is 0. The van der Waals surface area contributed by atoms with Gasteiger partial charge in [-0.1, -0.05) is 6.07 Å². The van der Waals surface area contributed by atoms with E-state index in [-0.39, 0.29) is 5.54 Å². The van der Waals surface area contributed by atoms with Crippen LogP contribution in [-0.2, 0) is 0 Å². The average molecular weight is 287 g/mol. The molecule has 2 rings (SSSR count). The fraction of sp³-hybridized carbons (Fsp3) is 0.500. The second-order valence-electron chi connectivity index (χ2n) is 5.82. The summed E-state index contributed by atoms with van der Waals surface area (Å²) in [4.78, 5) is 0. The number of rotatable bonds is 4. The Kier molecular flexibility index (Phi) is 4.08. The van der Waals surface area contributed by atoms with Gasteiger partial charge in [0.2, 0.25) is 0 Å². The number of nitrogens with zero attached hydrogens (tertiary/aromatic N) is 3. The summed E-state index contributed by atoms with van der Waals surface area (Å²) in [7, 11) is 3.18. The van der Waals surface area contributed by atoms with Crippen LogP contribution in [0.1, 0.15) is 38.8 Å². The monoisotopic (exact) mass is 287 g/mol. The smallest absolute Gasteiger partial charge is 0.161 e. The van der Waals surface area contributed by atoms with E-state index in [1.165, 1.54) is 0 Å². The summed E-state index contributed by atoms with van der Waals surface area (Å²) < 4.78 is 10.6. The van der Waals surface area contributed by atoms with E-state index in [2.05, 4.69) is 25.0 Å². The number of hydrogen-bond donors (Lipinski definition) is 0. The molecule has 1 aliphatic rings. The van der Waals surface area contributed by atoms with E-state index in [0.29, 0.717) is 11.5 Å². The van der Waals surface area contributed by atoms with Gasteiger partial charge >= 0.3 is 0 Å². The molecule has 1 atom stereocenters. The molecule has 0 unspecified atom stereocenters. The first kappa shape index (κ1) is 15.2. The lowest BCUT2D eigenvalue weighted by atomic mass is 9.96. The highest BCUT2D eigenvalue weighted by molar-refractivity contribution is 5.84. The van der Waals surface area contributed by atoms with Crippen LogP contribution in [0.15, 0.2) is 23.3 Å². The lowest BCUT2D eigenvalue weighted by Crippen LogP contribution is -2.38. The van der Waals surface area contributed by atoms with E-state index in [4.69, 9.17) is 9.47 Å². The third-order valence-electron chi connectivity index (χ3n) is 3.68. The second-order valence-corrected chi connectivity index (χ2v) is 5.82. The minimum absolute atomic E-state index is 0.169. The molecule has 5 heteroatoms. The SMILES string of the molecule is COc1ccc([C@@H](C#N)N2N=C(C)CC2(C)C)cc1OC. The van der Waals surface area contributed by atoms with Gasteiger partial charge in [-0.15, -0.1) is 0 Å². The van der Waals surface area contributed by atoms with Crippen molar-refractivity contribution in [2.24, 2.45) is 5.10 Å². The van der Waals surface area contributed by atoms with Gasteiger partial charge in [-0.25, -0.2) is 0 Å².